The Balaban J connectivity index is 1.32. The number of benzene rings is 2. The van der Waals surface area contributed by atoms with Crippen LogP contribution in [0.2, 0.25) is 0 Å². The molecule has 1 saturated heterocycles. The van der Waals surface area contributed by atoms with Gasteiger partial charge in [0.25, 0.3) is 0 Å². The first-order valence-electron chi connectivity index (χ1n) is 10.5. The van der Waals surface area contributed by atoms with Gasteiger partial charge in [-0.05, 0) is 38.1 Å². The number of piperazine rings is 1. The Morgan fingerprint density at radius 2 is 1.90 bits per heavy atom. The maximum Gasteiger partial charge on any atom is 0.124 e. The first kappa shape index (κ1) is 21.2. The van der Waals surface area contributed by atoms with E-state index >= 15 is 0 Å². The van der Waals surface area contributed by atoms with Crippen molar-refractivity contribution in [2.45, 2.75) is 39.1 Å². The second-order valence-electron chi connectivity index (χ2n) is 8.08. The molecule has 0 aliphatic carbocycles. The minimum absolute atomic E-state index is 0.0749. The molecule has 2 aromatic carbocycles. The molecule has 0 saturated carbocycles. The number of halogens is 1. The molecule has 4 rings (SSSR count). The van der Waals surface area contributed by atoms with Gasteiger partial charge < -0.3 is 10.5 Å². The summed E-state index contributed by atoms with van der Waals surface area (Å²) in [5, 5.41) is 0.963. The summed E-state index contributed by atoms with van der Waals surface area (Å²) in [5.74, 6) is 0.748. The Morgan fingerprint density at radius 1 is 1.13 bits per heavy atom. The highest BCUT2D eigenvalue weighted by atomic mass is 32.1. The first-order valence-corrected chi connectivity index (χ1v) is 11.3. The smallest absolute Gasteiger partial charge is 0.124 e. The molecule has 1 aliphatic rings. The molecular formula is C23H29FN4OS. The number of nitrogens with zero attached hydrogens (tertiary/aromatic N) is 3. The lowest BCUT2D eigenvalue weighted by Crippen LogP contribution is -2.53. The van der Waals surface area contributed by atoms with Gasteiger partial charge in [0.15, 0.2) is 0 Å². The van der Waals surface area contributed by atoms with E-state index in [1.54, 1.807) is 12.1 Å². The highest BCUT2D eigenvalue weighted by Gasteiger charge is 2.23. The first-order chi connectivity index (χ1) is 14.5. The third kappa shape index (κ3) is 5.16. The van der Waals surface area contributed by atoms with Crippen LogP contribution in [0, 0.1) is 5.82 Å². The predicted octanol–water partition coefficient (Wildman–Crippen LogP) is 3.87. The van der Waals surface area contributed by atoms with E-state index in [-0.39, 0.29) is 18.1 Å². The third-order valence-corrected chi connectivity index (χ3v) is 6.42. The Hall–Kier alpha value is -2.06. The second kappa shape index (κ2) is 9.39. The summed E-state index contributed by atoms with van der Waals surface area (Å²) in [6.45, 7) is 8.78. The number of ether oxygens (including phenoxy) is 1. The normalized spacial score (nSPS) is 17.0. The van der Waals surface area contributed by atoms with Crippen molar-refractivity contribution >= 4 is 21.6 Å². The van der Waals surface area contributed by atoms with E-state index in [0.717, 1.165) is 53.7 Å². The Labute approximate surface area is 181 Å². The number of aromatic nitrogens is 1. The van der Waals surface area contributed by atoms with Crippen LogP contribution in [0.25, 0.3) is 10.2 Å². The lowest BCUT2D eigenvalue weighted by Gasteiger charge is -2.37. The average Bonchev–Trinajstić information content (AvgIpc) is 3.11. The molecule has 1 unspecified atom stereocenters. The third-order valence-electron chi connectivity index (χ3n) is 5.38. The van der Waals surface area contributed by atoms with E-state index in [4.69, 9.17) is 10.5 Å². The van der Waals surface area contributed by atoms with Crippen molar-refractivity contribution in [2.75, 3.05) is 26.2 Å². The van der Waals surface area contributed by atoms with E-state index in [9.17, 15) is 4.39 Å². The summed E-state index contributed by atoms with van der Waals surface area (Å²) >= 11 is 1.53. The Kier molecular flexibility index (Phi) is 6.63. The molecule has 3 aromatic rings. The van der Waals surface area contributed by atoms with Gasteiger partial charge >= 0.3 is 0 Å². The molecule has 30 heavy (non-hydrogen) atoms. The van der Waals surface area contributed by atoms with Crippen molar-refractivity contribution in [2.24, 2.45) is 5.73 Å². The van der Waals surface area contributed by atoms with E-state index in [1.165, 1.54) is 23.0 Å². The van der Waals surface area contributed by atoms with Gasteiger partial charge in [0.05, 0.1) is 27.5 Å². The summed E-state index contributed by atoms with van der Waals surface area (Å²) in [6, 6.07) is 13.0. The molecule has 2 heterocycles. The molecule has 0 amide bonds. The highest BCUT2D eigenvalue weighted by Crippen LogP contribution is 2.25. The molecule has 1 aliphatic heterocycles. The van der Waals surface area contributed by atoms with Gasteiger partial charge in [0.1, 0.15) is 11.6 Å². The highest BCUT2D eigenvalue weighted by molar-refractivity contribution is 7.18. The van der Waals surface area contributed by atoms with Crippen LogP contribution in [0.4, 0.5) is 4.39 Å². The largest absolute Gasteiger partial charge is 0.491 e. The number of thiazole rings is 1. The van der Waals surface area contributed by atoms with Crippen LogP contribution in [-0.2, 0) is 13.0 Å². The molecule has 5 nitrogen and oxygen atoms in total. The second-order valence-corrected chi connectivity index (χ2v) is 9.19. The zero-order chi connectivity index (χ0) is 21.1. The monoisotopic (exact) mass is 428 g/mol. The standard InChI is InChI=1S/C23H29FN4OS/c1-16(2)29-20-6-4-3-5-17(20)15-27-9-11-28(12-10-27)22(25)14-23-26-19-8-7-18(24)13-21(19)30-23/h3-8,13,16,22H,9-12,14-15,25H2,1-2H3. The number of para-hydroxylation sites is 1. The van der Waals surface area contributed by atoms with Gasteiger partial charge in [-0.15, -0.1) is 11.3 Å². The van der Waals surface area contributed by atoms with Gasteiger partial charge in [0, 0.05) is 44.7 Å². The van der Waals surface area contributed by atoms with Crippen molar-refractivity contribution < 1.29 is 9.13 Å². The molecule has 7 heteroatoms. The van der Waals surface area contributed by atoms with Crippen molar-refractivity contribution in [1.82, 2.24) is 14.8 Å². The summed E-state index contributed by atoms with van der Waals surface area (Å²) in [4.78, 5) is 9.38. The van der Waals surface area contributed by atoms with E-state index < -0.39 is 0 Å². The number of hydrogen-bond acceptors (Lipinski definition) is 6. The molecule has 0 spiro atoms. The maximum absolute atomic E-state index is 13.4. The van der Waals surface area contributed by atoms with Crippen LogP contribution in [0.3, 0.4) is 0 Å². The molecular weight excluding hydrogens is 399 g/mol. The molecule has 160 valence electrons. The van der Waals surface area contributed by atoms with Crippen molar-refractivity contribution in [3.05, 3.63) is 58.9 Å². The van der Waals surface area contributed by atoms with Crippen LogP contribution in [0.5, 0.6) is 5.75 Å². The van der Waals surface area contributed by atoms with Crippen LogP contribution >= 0.6 is 11.3 Å². The quantitative estimate of drug-likeness (QED) is 0.619. The minimum atomic E-state index is -0.224. The Morgan fingerprint density at radius 3 is 2.67 bits per heavy atom. The van der Waals surface area contributed by atoms with E-state index in [0.29, 0.717) is 6.42 Å². The molecule has 0 bridgehead atoms. The van der Waals surface area contributed by atoms with Crippen LogP contribution in [-0.4, -0.2) is 53.2 Å². The number of rotatable bonds is 7. The topological polar surface area (TPSA) is 54.6 Å². The molecule has 1 atom stereocenters. The van der Waals surface area contributed by atoms with E-state index in [2.05, 4.69) is 40.8 Å². The van der Waals surface area contributed by atoms with Crippen molar-refractivity contribution in [3.63, 3.8) is 0 Å². The van der Waals surface area contributed by atoms with Gasteiger partial charge in [-0.25, -0.2) is 9.37 Å². The van der Waals surface area contributed by atoms with Crippen molar-refractivity contribution in [3.8, 4) is 5.75 Å². The SMILES string of the molecule is CC(C)Oc1ccccc1CN1CCN(C(N)Cc2nc3ccc(F)cc3s2)CC1. The summed E-state index contributed by atoms with van der Waals surface area (Å²) in [7, 11) is 0. The van der Waals surface area contributed by atoms with Crippen LogP contribution in [0.15, 0.2) is 42.5 Å². The van der Waals surface area contributed by atoms with E-state index in [1.807, 2.05) is 12.1 Å². The maximum atomic E-state index is 13.4. The molecule has 2 N–H and O–H groups in total. The van der Waals surface area contributed by atoms with Gasteiger partial charge in [-0.3, -0.25) is 9.80 Å². The zero-order valence-corrected chi connectivity index (χ0v) is 18.4. The zero-order valence-electron chi connectivity index (χ0n) is 17.6. The summed E-state index contributed by atoms with van der Waals surface area (Å²) < 4.78 is 20.3. The number of hydrogen-bond donors (Lipinski definition) is 1. The van der Waals surface area contributed by atoms with Crippen LogP contribution in [0.1, 0.15) is 24.4 Å². The average molecular weight is 429 g/mol. The summed E-state index contributed by atoms with van der Waals surface area (Å²) in [5.41, 5.74) is 8.56. The lowest BCUT2D eigenvalue weighted by atomic mass is 10.1. The van der Waals surface area contributed by atoms with Crippen LogP contribution < -0.4 is 10.5 Å². The molecule has 1 fully saturated rings. The number of fused-ring (bicyclic) bond motifs is 1. The van der Waals surface area contributed by atoms with Crippen molar-refractivity contribution in [1.29, 1.82) is 0 Å². The van der Waals surface area contributed by atoms with Gasteiger partial charge in [0.2, 0.25) is 0 Å². The van der Waals surface area contributed by atoms with Gasteiger partial charge in [-0.2, -0.15) is 0 Å². The fraction of sp³-hybridized carbons (Fsp3) is 0.435. The lowest BCUT2D eigenvalue weighted by molar-refractivity contribution is 0.0925. The fourth-order valence-electron chi connectivity index (χ4n) is 3.84. The number of nitrogens with two attached hydrogens (primary N) is 1. The predicted molar refractivity (Wildman–Crippen MR) is 120 cm³/mol. The van der Waals surface area contributed by atoms with Gasteiger partial charge in [-0.1, -0.05) is 18.2 Å². The molecule has 1 aromatic heterocycles. The summed E-state index contributed by atoms with van der Waals surface area (Å²) in [6.07, 6.45) is 0.778. The molecule has 0 radical (unpaired) electrons. The minimum Gasteiger partial charge on any atom is -0.491 e. The Bertz CT molecular complexity index is 984. The fourth-order valence-corrected chi connectivity index (χ4v) is 4.88.